The lowest BCUT2D eigenvalue weighted by molar-refractivity contribution is -0.138. The number of aldehydes is 1. The summed E-state index contributed by atoms with van der Waals surface area (Å²) >= 11 is 0. The summed E-state index contributed by atoms with van der Waals surface area (Å²) in [6.07, 6.45) is 2.46. The maximum Gasteiger partial charge on any atom is 0.243 e. The smallest absolute Gasteiger partial charge is 0.243 e. The Kier molecular flexibility index (Phi) is 9.64. The van der Waals surface area contributed by atoms with E-state index in [1.165, 1.54) is 11.0 Å². The van der Waals surface area contributed by atoms with Gasteiger partial charge in [-0.15, -0.1) is 0 Å². The number of benzene rings is 2. The average Bonchev–Trinajstić information content (AvgIpc) is 3.38. The SMILES string of the molecule is CN(C)c1cccc2c(S(=O)(=O)NCC(=O)N3CCC[C@H]3C(=O)N[C@H](C=O)CCCN=C(N)N)cccc12. The number of guanidine groups is 1. The van der Waals surface area contributed by atoms with Gasteiger partial charge in [-0.3, -0.25) is 14.6 Å². The van der Waals surface area contributed by atoms with Crippen molar-refractivity contribution in [2.24, 2.45) is 16.5 Å². The zero-order valence-electron chi connectivity index (χ0n) is 21.6. The Balaban J connectivity index is 1.65. The van der Waals surface area contributed by atoms with Crippen molar-refractivity contribution in [3.05, 3.63) is 36.4 Å². The first-order valence-electron chi connectivity index (χ1n) is 12.3. The van der Waals surface area contributed by atoms with E-state index in [0.29, 0.717) is 50.4 Å². The Labute approximate surface area is 222 Å². The van der Waals surface area contributed by atoms with Gasteiger partial charge < -0.3 is 31.4 Å². The molecule has 1 aliphatic rings. The number of carbonyl (C=O) groups is 3. The molecule has 2 amide bonds. The zero-order valence-corrected chi connectivity index (χ0v) is 22.4. The maximum atomic E-state index is 13.2. The third-order valence-corrected chi connectivity index (χ3v) is 7.84. The summed E-state index contributed by atoms with van der Waals surface area (Å²) in [5.74, 6) is -1.02. The molecule has 3 rings (SSSR count). The van der Waals surface area contributed by atoms with Crippen molar-refractivity contribution in [3.63, 3.8) is 0 Å². The number of rotatable bonds is 12. The summed E-state index contributed by atoms with van der Waals surface area (Å²) in [6.45, 7) is 0.144. The molecular formula is C25H35N7O5S. The van der Waals surface area contributed by atoms with E-state index < -0.39 is 40.5 Å². The average molecular weight is 546 g/mol. The highest BCUT2D eigenvalue weighted by atomic mass is 32.2. The molecule has 0 aromatic heterocycles. The summed E-state index contributed by atoms with van der Waals surface area (Å²) in [7, 11) is -0.276. The number of sulfonamides is 1. The highest BCUT2D eigenvalue weighted by Crippen LogP contribution is 2.30. The van der Waals surface area contributed by atoms with Crippen molar-refractivity contribution < 1.29 is 22.8 Å². The molecule has 0 saturated carbocycles. The molecule has 1 aliphatic heterocycles. The van der Waals surface area contributed by atoms with Crippen LogP contribution < -0.4 is 26.4 Å². The Morgan fingerprint density at radius 2 is 1.89 bits per heavy atom. The molecule has 0 unspecified atom stereocenters. The fraction of sp³-hybridized carbons (Fsp3) is 0.440. The number of hydrogen-bond acceptors (Lipinski definition) is 7. The Morgan fingerprint density at radius 3 is 2.58 bits per heavy atom. The summed E-state index contributed by atoms with van der Waals surface area (Å²) in [4.78, 5) is 44.4. The van der Waals surface area contributed by atoms with Crippen LogP contribution in [-0.4, -0.2) is 83.2 Å². The zero-order chi connectivity index (χ0) is 27.9. The van der Waals surface area contributed by atoms with Gasteiger partial charge in [0.1, 0.15) is 12.3 Å². The van der Waals surface area contributed by atoms with Gasteiger partial charge in [0.15, 0.2) is 5.96 Å². The highest BCUT2D eigenvalue weighted by molar-refractivity contribution is 7.89. The number of anilines is 1. The molecule has 12 nitrogen and oxygen atoms in total. The van der Waals surface area contributed by atoms with Gasteiger partial charge in [-0.1, -0.05) is 24.3 Å². The van der Waals surface area contributed by atoms with Gasteiger partial charge in [0.25, 0.3) is 0 Å². The standard InChI is InChI=1S/C25H35N7O5S/c1-31(2)20-10-3-9-19-18(20)8-4-12-22(19)38(36,37)29-15-23(34)32-14-6-11-21(32)24(35)30-17(16-33)7-5-13-28-25(26)27/h3-4,8-10,12,16-17,21,29H,5-7,11,13-15H2,1-2H3,(H,30,35)(H4,26,27,28)/t17-,21-/m0/s1. The van der Waals surface area contributed by atoms with E-state index in [0.717, 1.165) is 11.1 Å². The van der Waals surface area contributed by atoms with Crippen molar-refractivity contribution >= 4 is 50.5 Å². The van der Waals surface area contributed by atoms with E-state index >= 15 is 0 Å². The minimum Gasteiger partial charge on any atom is -0.377 e. The molecule has 0 radical (unpaired) electrons. The number of carbonyl (C=O) groups excluding carboxylic acids is 3. The van der Waals surface area contributed by atoms with Crippen molar-refractivity contribution in [2.75, 3.05) is 38.6 Å². The summed E-state index contributed by atoms with van der Waals surface area (Å²) in [5, 5.41) is 3.97. The van der Waals surface area contributed by atoms with Gasteiger partial charge in [-0.2, -0.15) is 0 Å². The molecule has 38 heavy (non-hydrogen) atoms. The second-order valence-electron chi connectivity index (χ2n) is 9.29. The van der Waals surface area contributed by atoms with Crippen molar-refractivity contribution in [2.45, 2.75) is 42.7 Å². The molecule has 2 atom stereocenters. The van der Waals surface area contributed by atoms with Crippen molar-refractivity contribution in [1.29, 1.82) is 0 Å². The van der Waals surface area contributed by atoms with Gasteiger partial charge in [-0.25, -0.2) is 13.1 Å². The number of aliphatic imine (C=N–C) groups is 1. The number of likely N-dealkylation sites (tertiary alicyclic amines) is 1. The number of fused-ring (bicyclic) bond motifs is 1. The number of amides is 2. The predicted octanol–water partition coefficient (Wildman–Crippen LogP) is -0.0876. The molecule has 6 N–H and O–H groups in total. The highest BCUT2D eigenvalue weighted by Gasteiger charge is 2.35. The van der Waals surface area contributed by atoms with Crippen LogP contribution in [0.25, 0.3) is 10.8 Å². The molecule has 206 valence electrons. The van der Waals surface area contributed by atoms with Gasteiger partial charge in [0.2, 0.25) is 21.8 Å². The van der Waals surface area contributed by atoms with Gasteiger partial charge in [-0.05, 0) is 37.8 Å². The molecule has 0 bridgehead atoms. The van der Waals surface area contributed by atoms with E-state index in [1.807, 2.05) is 31.1 Å². The van der Waals surface area contributed by atoms with E-state index in [9.17, 15) is 22.8 Å². The Morgan fingerprint density at radius 1 is 1.18 bits per heavy atom. The van der Waals surface area contributed by atoms with Crippen molar-refractivity contribution in [1.82, 2.24) is 14.9 Å². The summed E-state index contributed by atoms with van der Waals surface area (Å²) in [5.41, 5.74) is 11.4. The Bertz CT molecular complexity index is 1310. The number of hydrogen-bond donors (Lipinski definition) is 4. The van der Waals surface area contributed by atoms with Gasteiger partial charge in [0, 0.05) is 43.6 Å². The van der Waals surface area contributed by atoms with Crippen LogP contribution in [0.4, 0.5) is 5.69 Å². The van der Waals surface area contributed by atoms with E-state index in [2.05, 4.69) is 15.0 Å². The third kappa shape index (κ3) is 6.98. The van der Waals surface area contributed by atoms with Crippen molar-refractivity contribution in [3.8, 4) is 0 Å². The number of nitrogens with zero attached hydrogens (tertiary/aromatic N) is 3. The van der Waals surface area contributed by atoms with Crippen LogP contribution in [0.1, 0.15) is 25.7 Å². The fourth-order valence-corrected chi connectivity index (χ4v) is 5.73. The van der Waals surface area contributed by atoms with Gasteiger partial charge >= 0.3 is 0 Å². The first kappa shape index (κ1) is 28.9. The molecule has 1 heterocycles. The lowest BCUT2D eigenvalue weighted by Crippen LogP contribution is -2.51. The lowest BCUT2D eigenvalue weighted by Gasteiger charge is -2.25. The Hall–Kier alpha value is -3.71. The maximum absolute atomic E-state index is 13.2. The summed E-state index contributed by atoms with van der Waals surface area (Å²) < 4.78 is 28.7. The molecule has 1 saturated heterocycles. The van der Waals surface area contributed by atoms with Crippen LogP contribution in [0.3, 0.4) is 0 Å². The van der Waals surface area contributed by atoms with Crippen LogP contribution in [-0.2, 0) is 24.4 Å². The molecule has 0 spiro atoms. The van der Waals surface area contributed by atoms with Crippen LogP contribution >= 0.6 is 0 Å². The van der Waals surface area contributed by atoms with Crippen LogP contribution in [0.5, 0.6) is 0 Å². The van der Waals surface area contributed by atoms with Crippen LogP contribution in [0.15, 0.2) is 46.3 Å². The largest absolute Gasteiger partial charge is 0.377 e. The van der Waals surface area contributed by atoms with Crippen LogP contribution in [0, 0.1) is 0 Å². The molecule has 2 aromatic carbocycles. The van der Waals surface area contributed by atoms with Crippen LogP contribution in [0.2, 0.25) is 0 Å². The third-order valence-electron chi connectivity index (χ3n) is 6.38. The molecule has 1 fully saturated rings. The minimum atomic E-state index is -4.02. The summed E-state index contributed by atoms with van der Waals surface area (Å²) in [6, 6.07) is 8.87. The second kappa shape index (κ2) is 12.7. The molecular weight excluding hydrogens is 510 g/mol. The fourth-order valence-electron chi connectivity index (χ4n) is 4.54. The lowest BCUT2D eigenvalue weighted by atomic mass is 10.1. The quantitative estimate of drug-likeness (QED) is 0.124. The van der Waals surface area contributed by atoms with Gasteiger partial charge in [0.05, 0.1) is 17.5 Å². The molecule has 13 heteroatoms. The molecule has 2 aromatic rings. The first-order chi connectivity index (χ1) is 18.0. The van der Waals surface area contributed by atoms with E-state index in [1.54, 1.807) is 18.2 Å². The topological polar surface area (TPSA) is 180 Å². The predicted molar refractivity (Wildman–Crippen MR) is 146 cm³/mol. The second-order valence-corrected chi connectivity index (χ2v) is 11.0. The normalized spacial score (nSPS) is 16.2. The first-order valence-corrected chi connectivity index (χ1v) is 13.8. The van der Waals surface area contributed by atoms with E-state index in [-0.39, 0.29) is 10.9 Å². The minimum absolute atomic E-state index is 0.0498. The van der Waals surface area contributed by atoms with E-state index in [4.69, 9.17) is 11.5 Å². The molecule has 0 aliphatic carbocycles. The number of nitrogens with one attached hydrogen (secondary N) is 2. The monoisotopic (exact) mass is 545 g/mol. The number of nitrogens with two attached hydrogens (primary N) is 2.